The number of ether oxygens (including phenoxy) is 1. The highest BCUT2D eigenvalue weighted by atomic mass is 16.5. The smallest absolute Gasteiger partial charge is 0.319 e. The number of nitrogens with one attached hydrogen (secondary N) is 2. The highest BCUT2D eigenvalue weighted by Gasteiger charge is 2.21. The number of urea groups is 1. The van der Waals surface area contributed by atoms with Crippen molar-refractivity contribution in [2.45, 2.75) is 32.2 Å². The molecule has 0 spiro atoms. The van der Waals surface area contributed by atoms with Crippen LogP contribution in [0.3, 0.4) is 0 Å². The maximum absolute atomic E-state index is 12.2. The van der Waals surface area contributed by atoms with Crippen molar-refractivity contribution in [2.24, 2.45) is 0 Å². The van der Waals surface area contributed by atoms with Crippen LogP contribution in [0.25, 0.3) is 5.69 Å². The largest absolute Gasteiger partial charge is 0.494 e. The number of carboxylic acid groups (broad SMARTS) is 1. The summed E-state index contributed by atoms with van der Waals surface area (Å²) in [5, 5.41) is 25.2. The first-order chi connectivity index (χ1) is 11.8. The summed E-state index contributed by atoms with van der Waals surface area (Å²) in [5.74, 6) is -0.364. The number of aromatic nitrogens is 4. The molecule has 0 bridgehead atoms. The van der Waals surface area contributed by atoms with Gasteiger partial charge in [0.1, 0.15) is 17.8 Å². The first-order valence-electron chi connectivity index (χ1n) is 7.53. The maximum Gasteiger partial charge on any atom is 0.319 e. The Balaban J connectivity index is 2.08. The molecule has 3 N–H and O–H groups in total. The van der Waals surface area contributed by atoms with Crippen LogP contribution in [0.15, 0.2) is 24.5 Å². The molecule has 0 radical (unpaired) electrons. The second-order valence-corrected chi connectivity index (χ2v) is 6.00. The third-order valence-electron chi connectivity index (χ3n) is 3.45. The average molecular weight is 348 g/mol. The second kappa shape index (κ2) is 7.60. The number of hydrogen-bond donors (Lipinski definition) is 3. The lowest BCUT2D eigenvalue weighted by Gasteiger charge is -2.25. The fourth-order valence-corrected chi connectivity index (χ4v) is 2.17. The fraction of sp³-hybridized carbons (Fsp3) is 0.400. The number of nitrogens with zero attached hydrogens (tertiary/aromatic N) is 4. The predicted octanol–water partition coefficient (Wildman–Crippen LogP) is 1.44. The van der Waals surface area contributed by atoms with E-state index in [0.29, 0.717) is 23.5 Å². The molecular weight excluding hydrogens is 328 g/mol. The number of amides is 2. The predicted molar refractivity (Wildman–Crippen MR) is 88.8 cm³/mol. The highest BCUT2D eigenvalue weighted by molar-refractivity contribution is 5.90. The summed E-state index contributed by atoms with van der Waals surface area (Å²) in [6, 6.07) is 4.58. The molecule has 1 heterocycles. The van der Waals surface area contributed by atoms with Gasteiger partial charge in [0.25, 0.3) is 0 Å². The zero-order valence-corrected chi connectivity index (χ0v) is 14.2. The number of rotatable bonds is 7. The maximum atomic E-state index is 12.2. The van der Waals surface area contributed by atoms with Gasteiger partial charge in [-0.3, -0.25) is 4.79 Å². The van der Waals surface area contributed by atoms with Crippen LogP contribution < -0.4 is 15.4 Å². The lowest BCUT2D eigenvalue weighted by Crippen LogP contribution is -2.45. The minimum Gasteiger partial charge on any atom is -0.494 e. The van der Waals surface area contributed by atoms with Crippen molar-refractivity contribution < 1.29 is 19.4 Å². The van der Waals surface area contributed by atoms with Crippen molar-refractivity contribution in [3.8, 4) is 11.4 Å². The molecule has 0 aliphatic carbocycles. The minimum atomic E-state index is -0.906. The van der Waals surface area contributed by atoms with E-state index in [4.69, 9.17) is 9.84 Å². The van der Waals surface area contributed by atoms with Gasteiger partial charge in [0, 0.05) is 17.6 Å². The van der Waals surface area contributed by atoms with Crippen LogP contribution in [-0.2, 0) is 4.79 Å². The van der Waals surface area contributed by atoms with Crippen LogP contribution in [0.4, 0.5) is 10.5 Å². The molecule has 2 aromatic rings. The van der Waals surface area contributed by atoms with Crippen LogP contribution in [0.5, 0.6) is 5.75 Å². The topological polar surface area (TPSA) is 131 Å². The zero-order valence-electron chi connectivity index (χ0n) is 14.2. The average Bonchev–Trinajstić information content (AvgIpc) is 3.06. The monoisotopic (exact) mass is 348 g/mol. The number of aliphatic carboxylic acids is 1. The van der Waals surface area contributed by atoms with E-state index in [9.17, 15) is 9.59 Å². The summed E-state index contributed by atoms with van der Waals surface area (Å²) < 4.78 is 6.68. The molecule has 0 saturated heterocycles. The molecule has 0 aliphatic rings. The van der Waals surface area contributed by atoms with Gasteiger partial charge in [0.15, 0.2) is 0 Å². The number of methoxy groups -OCH3 is 1. The Labute approximate surface area is 144 Å². The van der Waals surface area contributed by atoms with Crippen LogP contribution in [0.2, 0.25) is 0 Å². The minimum absolute atomic E-state index is 0.0285. The summed E-state index contributed by atoms with van der Waals surface area (Å²) in [7, 11) is 1.52. The van der Waals surface area contributed by atoms with E-state index in [0.717, 1.165) is 0 Å². The van der Waals surface area contributed by atoms with Gasteiger partial charge in [-0.15, -0.1) is 5.10 Å². The quantitative estimate of drug-likeness (QED) is 0.690. The Kier molecular flexibility index (Phi) is 5.52. The van der Waals surface area contributed by atoms with Crippen LogP contribution in [0, 0.1) is 0 Å². The van der Waals surface area contributed by atoms with Crippen molar-refractivity contribution in [3.63, 3.8) is 0 Å². The van der Waals surface area contributed by atoms with Crippen molar-refractivity contribution in [3.05, 3.63) is 24.5 Å². The van der Waals surface area contributed by atoms with Crippen LogP contribution in [0.1, 0.15) is 26.7 Å². The summed E-state index contributed by atoms with van der Waals surface area (Å²) in [6.07, 6.45) is 1.70. The molecule has 0 atom stereocenters. The molecule has 0 fully saturated rings. The van der Waals surface area contributed by atoms with E-state index in [1.807, 2.05) is 0 Å². The molecule has 0 aliphatic heterocycles. The van der Waals surface area contributed by atoms with E-state index in [2.05, 4.69) is 26.2 Å². The molecule has 2 rings (SSSR count). The molecule has 0 unspecified atom stereocenters. The van der Waals surface area contributed by atoms with Gasteiger partial charge >= 0.3 is 12.0 Å². The Hall–Kier alpha value is -3.17. The molecule has 10 nitrogen and oxygen atoms in total. The van der Waals surface area contributed by atoms with Crippen molar-refractivity contribution in [1.82, 2.24) is 25.5 Å². The third kappa shape index (κ3) is 5.16. The van der Waals surface area contributed by atoms with Gasteiger partial charge in [0.05, 0.1) is 7.11 Å². The van der Waals surface area contributed by atoms with E-state index < -0.39 is 17.5 Å². The molecular formula is C15H20N6O4. The van der Waals surface area contributed by atoms with Crippen molar-refractivity contribution in [2.75, 3.05) is 12.4 Å². The van der Waals surface area contributed by atoms with Gasteiger partial charge in [-0.25, -0.2) is 4.79 Å². The van der Waals surface area contributed by atoms with E-state index in [1.165, 1.54) is 18.1 Å². The first-order valence-corrected chi connectivity index (χ1v) is 7.53. The van der Waals surface area contributed by atoms with Crippen molar-refractivity contribution >= 4 is 17.7 Å². The SMILES string of the molecule is COc1ccc(NC(=O)NC(C)(C)CCC(=O)O)cc1-n1cnnn1. The second-order valence-electron chi connectivity index (χ2n) is 6.00. The molecule has 1 aromatic carbocycles. The van der Waals surface area contributed by atoms with Gasteiger partial charge in [-0.1, -0.05) is 0 Å². The van der Waals surface area contributed by atoms with Gasteiger partial charge in [-0.05, 0) is 48.9 Å². The van der Waals surface area contributed by atoms with E-state index >= 15 is 0 Å². The van der Waals surface area contributed by atoms with Gasteiger partial charge in [-0.2, -0.15) is 4.68 Å². The van der Waals surface area contributed by atoms with Crippen LogP contribution >= 0.6 is 0 Å². The van der Waals surface area contributed by atoms with E-state index in [-0.39, 0.29) is 6.42 Å². The molecule has 134 valence electrons. The summed E-state index contributed by atoms with van der Waals surface area (Å²) in [5.41, 5.74) is 0.418. The Morgan fingerprint density at radius 2 is 2.12 bits per heavy atom. The molecule has 25 heavy (non-hydrogen) atoms. The van der Waals surface area contributed by atoms with E-state index in [1.54, 1.807) is 32.0 Å². The number of hydrogen-bond acceptors (Lipinski definition) is 6. The lowest BCUT2D eigenvalue weighted by atomic mass is 9.99. The molecule has 2 amide bonds. The molecule has 0 saturated carbocycles. The summed E-state index contributed by atoms with van der Waals surface area (Å²) >= 11 is 0. The normalized spacial score (nSPS) is 11.0. The number of carbonyl (C=O) groups excluding carboxylic acids is 1. The number of carbonyl (C=O) groups is 2. The summed E-state index contributed by atoms with van der Waals surface area (Å²) in [4.78, 5) is 22.9. The first kappa shape index (κ1) is 18.2. The van der Waals surface area contributed by atoms with Crippen molar-refractivity contribution in [1.29, 1.82) is 0 Å². The van der Waals surface area contributed by atoms with Gasteiger partial charge in [0.2, 0.25) is 0 Å². The number of tetrazole rings is 1. The highest BCUT2D eigenvalue weighted by Crippen LogP contribution is 2.25. The Morgan fingerprint density at radius 3 is 2.72 bits per heavy atom. The number of carboxylic acids is 1. The van der Waals surface area contributed by atoms with Gasteiger partial charge < -0.3 is 20.5 Å². The fourth-order valence-electron chi connectivity index (χ4n) is 2.17. The lowest BCUT2D eigenvalue weighted by molar-refractivity contribution is -0.137. The Morgan fingerprint density at radius 1 is 1.36 bits per heavy atom. The molecule has 10 heteroatoms. The number of benzene rings is 1. The van der Waals surface area contributed by atoms with Crippen LogP contribution in [-0.4, -0.2) is 50.0 Å². The number of anilines is 1. The third-order valence-corrected chi connectivity index (χ3v) is 3.45. The zero-order chi connectivity index (χ0) is 18.4. The summed E-state index contributed by atoms with van der Waals surface area (Å²) in [6.45, 7) is 3.52. The molecule has 1 aromatic heterocycles. The standard InChI is InChI=1S/C15H20N6O4/c1-15(2,7-6-13(22)23)18-14(24)17-10-4-5-12(25-3)11(8-10)21-9-16-19-20-21/h4-5,8-9H,6-7H2,1-3H3,(H,22,23)(H2,17,18,24). The Bertz CT molecular complexity index is 744.